The van der Waals surface area contributed by atoms with Crippen LogP contribution in [0.25, 0.3) is 26.8 Å². The normalized spacial score (nSPS) is 14.8. The van der Waals surface area contributed by atoms with Crippen LogP contribution in [0.5, 0.6) is 0 Å². The van der Waals surface area contributed by atoms with Crippen LogP contribution in [0.15, 0.2) is 52.1 Å². The molecule has 0 saturated heterocycles. The van der Waals surface area contributed by atoms with Gasteiger partial charge in [-0.05, 0) is 49.9 Å². The topological polar surface area (TPSA) is 54.9 Å². The first-order chi connectivity index (χ1) is 12.6. The average Bonchev–Trinajstić information content (AvgIpc) is 2.95. The summed E-state index contributed by atoms with van der Waals surface area (Å²) in [6.07, 6.45) is 3.36. The molecule has 1 aliphatic carbocycles. The van der Waals surface area contributed by atoms with Crippen molar-refractivity contribution in [1.29, 1.82) is 0 Å². The summed E-state index contributed by atoms with van der Waals surface area (Å²) < 4.78 is 2.37. The number of para-hydroxylation sites is 1. The molecule has 1 N–H and O–H groups in total. The fourth-order valence-corrected chi connectivity index (χ4v) is 4.74. The lowest BCUT2D eigenvalue weighted by Gasteiger charge is -2.28. The van der Waals surface area contributed by atoms with Crippen LogP contribution in [-0.2, 0) is 0 Å². The Labute approximate surface area is 153 Å². The molecule has 5 heteroatoms. The lowest BCUT2D eigenvalue weighted by Crippen LogP contribution is -2.29. The predicted molar refractivity (Wildman–Crippen MR) is 107 cm³/mol. The van der Waals surface area contributed by atoms with E-state index in [1.807, 2.05) is 49.4 Å². The standard InChI is InChI=1S/C21H18N2O2S/c1-12-10-16-20(26-12)19(24)18-15(22-16)11-17(13-6-5-7-13)23(21(18)25)14-8-3-2-4-9-14/h2-4,8-11,13H,5-7H2,1H3,(H,22,24). The van der Waals surface area contributed by atoms with E-state index in [1.165, 1.54) is 17.8 Å². The Morgan fingerprint density at radius 1 is 1.08 bits per heavy atom. The van der Waals surface area contributed by atoms with Gasteiger partial charge in [-0.25, -0.2) is 0 Å². The number of hydrogen-bond acceptors (Lipinski definition) is 3. The van der Waals surface area contributed by atoms with E-state index in [2.05, 4.69) is 4.98 Å². The molecular formula is C21H18N2O2S. The van der Waals surface area contributed by atoms with Gasteiger partial charge >= 0.3 is 0 Å². The van der Waals surface area contributed by atoms with Crippen molar-refractivity contribution in [3.8, 4) is 5.69 Å². The summed E-state index contributed by atoms with van der Waals surface area (Å²) in [6.45, 7) is 1.98. The van der Waals surface area contributed by atoms with Gasteiger partial charge in [0.05, 0.1) is 15.7 Å². The molecule has 0 amide bonds. The average molecular weight is 362 g/mol. The molecule has 4 aromatic rings. The molecule has 0 spiro atoms. The Bertz CT molecular complexity index is 1260. The zero-order valence-corrected chi connectivity index (χ0v) is 15.2. The van der Waals surface area contributed by atoms with Gasteiger partial charge in [-0.3, -0.25) is 14.2 Å². The van der Waals surface area contributed by atoms with Gasteiger partial charge in [-0.1, -0.05) is 24.6 Å². The third-order valence-corrected chi connectivity index (χ3v) is 6.38. The molecule has 3 aromatic heterocycles. The summed E-state index contributed by atoms with van der Waals surface area (Å²) in [6, 6.07) is 13.6. The molecule has 5 rings (SSSR count). The highest BCUT2D eigenvalue weighted by molar-refractivity contribution is 7.18. The van der Waals surface area contributed by atoms with Crippen LogP contribution >= 0.6 is 11.3 Å². The number of aryl methyl sites for hydroxylation is 1. The fourth-order valence-electron chi connectivity index (χ4n) is 3.83. The highest BCUT2D eigenvalue weighted by Gasteiger charge is 2.26. The molecule has 1 fully saturated rings. The summed E-state index contributed by atoms with van der Waals surface area (Å²) in [7, 11) is 0. The Hall–Kier alpha value is -2.66. The molecule has 0 bridgehead atoms. The molecule has 3 heterocycles. The second-order valence-electron chi connectivity index (χ2n) is 7.02. The molecule has 1 saturated carbocycles. The quantitative estimate of drug-likeness (QED) is 0.572. The number of H-pyrrole nitrogens is 1. The SMILES string of the molecule is Cc1cc2[nH]c3cc(C4CCC4)n(-c4ccccc4)c(=O)c3c(=O)c2s1. The number of nitrogens with zero attached hydrogens (tertiary/aromatic N) is 1. The fraction of sp³-hybridized carbons (Fsp3) is 0.238. The highest BCUT2D eigenvalue weighted by Crippen LogP contribution is 2.37. The summed E-state index contributed by atoms with van der Waals surface area (Å²) in [5.74, 6) is 0.371. The number of thiophene rings is 1. The summed E-state index contributed by atoms with van der Waals surface area (Å²) in [4.78, 5) is 30.9. The molecule has 26 heavy (non-hydrogen) atoms. The Morgan fingerprint density at radius 3 is 2.54 bits per heavy atom. The van der Waals surface area contributed by atoms with E-state index in [4.69, 9.17) is 0 Å². The minimum atomic E-state index is -0.218. The summed E-state index contributed by atoms with van der Waals surface area (Å²) in [5, 5.41) is 0.256. The van der Waals surface area contributed by atoms with E-state index in [0.717, 1.165) is 34.6 Å². The first-order valence-corrected chi connectivity index (χ1v) is 9.72. The monoisotopic (exact) mass is 362 g/mol. The van der Waals surface area contributed by atoms with Crippen molar-refractivity contribution in [2.24, 2.45) is 0 Å². The van der Waals surface area contributed by atoms with Gasteiger partial charge < -0.3 is 4.98 Å². The van der Waals surface area contributed by atoms with Crippen molar-refractivity contribution in [3.63, 3.8) is 0 Å². The molecule has 4 nitrogen and oxygen atoms in total. The highest BCUT2D eigenvalue weighted by atomic mass is 32.1. The van der Waals surface area contributed by atoms with Crippen molar-refractivity contribution >= 4 is 32.5 Å². The minimum absolute atomic E-state index is 0.165. The molecule has 0 aliphatic heterocycles. The number of rotatable bonds is 2. The van der Waals surface area contributed by atoms with Gasteiger partial charge in [-0.15, -0.1) is 11.3 Å². The molecule has 1 aliphatic rings. The summed E-state index contributed by atoms with van der Waals surface area (Å²) in [5.41, 5.74) is 2.91. The van der Waals surface area contributed by atoms with Gasteiger partial charge in [0.25, 0.3) is 5.56 Å². The second kappa shape index (κ2) is 5.68. The van der Waals surface area contributed by atoms with Crippen molar-refractivity contribution in [3.05, 3.63) is 73.6 Å². The van der Waals surface area contributed by atoms with Crippen LogP contribution < -0.4 is 11.0 Å². The van der Waals surface area contributed by atoms with Crippen molar-refractivity contribution in [1.82, 2.24) is 9.55 Å². The van der Waals surface area contributed by atoms with Crippen molar-refractivity contribution in [2.75, 3.05) is 0 Å². The lowest BCUT2D eigenvalue weighted by atomic mass is 9.82. The molecule has 0 unspecified atom stereocenters. The number of fused-ring (bicyclic) bond motifs is 2. The number of pyridine rings is 2. The number of hydrogen-bond donors (Lipinski definition) is 1. The molecule has 130 valence electrons. The number of benzene rings is 1. The van der Waals surface area contributed by atoms with Crippen LogP contribution in [0, 0.1) is 6.92 Å². The Morgan fingerprint density at radius 2 is 1.85 bits per heavy atom. The predicted octanol–water partition coefficient (Wildman–Crippen LogP) is 4.47. The minimum Gasteiger partial charge on any atom is -0.353 e. The van der Waals surface area contributed by atoms with Gasteiger partial charge in [0.1, 0.15) is 5.39 Å². The van der Waals surface area contributed by atoms with E-state index < -0.39 is 0 Å². The lowest BCUT2D eigenvalue weighted by molar-refractivity contribution is 0.404. The van der Waals surface area contributed by atoms with Gasteiger partial charge in [0.15, 0.2) is 0 Å². The first-order valence-electron chi connectivity index (χ1n) is 8.91. The third kappa shape index (κ3) is 2.20. The van der Waals surface area contributed by atoms with Crippen LogP contribution in [0.4, 0.5) is 0 Å². The van der Waals surface area contributed by atoms with E-state index in [9.17, 15) is 9.59 Å². The molecule has 0 atom stereocenters. The van der Waals surface area contributed by atoms with Gasteiger partial charge in [0, 0.05) is 16.3 Å². The smallest absolute Gasteiger partial charge is 0.268 e. The zero-order valence-electron chi connectivity index (χ0n) is 14.4. The Kier molecular flexibility index (Phi) is 3.40. The van der Waals surface area contributed by atoms with Crippen molar-refractivity contribution in [2.45, 2.75) is 32.1 Å². The van der Waals surface area contributed by atoms with Gasteiger partial charge in [0.2, 0.25) is 5.43 Å². The summed E-state index contributed by atoms with van der Waals surface area (Å²) >= 11 is 1.44. The third-order valence-electron chi connectivity index (χ3n) is 5.33. The van der Waals surface area contributed by atoms with Crippen LogP contribution in [0.3, 0.4) is 0 Å². The van der Waals surface area contributed by atoms with E-state index in [0.29, 0.717) is 16.1 Å². The number of aromatic nitrogens is 2. The largest absolute Gasteiger partial charge is 0.353 e. The van der Waals surface area contributed by atoms with E-state index in [1.54, 1.807) is 4.57 Å². The Balaban J connectivity index is 1.94. The molecular weight excluding hydrogens is 344 g/mol. The maximum absolute atomic E-state index is 13.4. The maximum atomic E-state index is 13.4. The number of nitrogens with one attached hydrogen (secondary N) is 1. The second-order valence-corrected chi connectivity index (χ2v) is 8.27. The van der Waals surface area contributed by atoms with Crippen LogP contribution in [0.2, 0.25) is 0 Å². The van der Waals surface area contributed by atoms with Crippen LogP contribution in [-0.4, -0.2) is 9.55 Å². The van der Waals surface area contributed by atoms with Crippen LogP contribution in [0.1, 0.15) is 35.8 Å². The number of aromatic amines is 1. The van der Waals surface area contributed by atoms with E-state index >= 15 is 0 Å². The first kappa shape index (κ1) is 15.6. The molecule has 1 aromatic carbocycles. The molecule has 0 radical (unpaired) electrons. The maximum Gasteiger partial charge on any atom is 0.268 e. The van der Waals surface area contributed by atoms with E-state index in [-0.39, 0.29) is 16.4 Å². The van der Waals surface area contributed by atoms with Gasteiger partial charge in [-0.2, -0.15) is 0 Å². The zero-order chi connectivity index (χ0) is 17.8. The van der Waals surface area contributed by atoms with Crippen molar-refractivity contribution < 1.29 is 0 Å².